The summed E-state index contributed by atoms with van der Waals surface area (Å²) in [5.74, 6) is -0.839. The fourth-order valence-electron chi connectivity index (χ4n) is 1.11. The number of aldehydes is 1. The Bertz CT molecular complexity index is 381. The largest absolute Gasteiger partial charge is 0.339 e. The number of carbonyl (C=O) groups is 4. The van der Waals surface area contributed by atoms with E-state index in [9.17, 15) is 19.2 Å². The Morgan fingerprint density at radius 3 is 2.09 bits per heavy atom. The Labute approximate surface area is 139 Å². The molecule has 23 heavy (non-hydrogen) atoms. The van der Waals surface area contributed by atoms with E-state index in [2.05, 4.69) is 4.84 Å². The fraction of sp³-hybridized carbons (Fsp3) is 0.625. The highest BCUT2D eigenvalue weighted by atomic mass is 16.7. The normalized spacial score (nSPS) is 10.9. The summed E-state index contributed by atoms with van der Waals surface area (Å²) in [4.78, 5) is 47.7. The van der Waals surface area contributed by atoms with Crippen molar-refractivity contribution in [2.75, 3.05) is 20.6 Å². The summed E-state index contributed by atoms with van der Waals surface area (Å²) in [7, 11) is 3.11. The minimum Gasteiger partial charge on any atom is -0.339 e. The topological polar surface area (TPSA) is 84.0 Å². The molecule has 0 saturated heterocycles. The third-order valence-corrected chi connectivity index (χ3v) is 2.11. The van der Waals surface area contributed by atoms with E-state index >= 15 is 0 Å². The van der Waals surface area contributed by atoms with Gasteiger partial charge in [0, 0.05) is 46.5 Å². The lowest BCUT2D eigenvalue weighted by Gasteiger charge is -2.13. The molecule has 0 fully saturated rings. The second-order valence-electron chi connectivity index (χ2n) is 3.80. The number of hydroxylamine groups is 2. The molecule has 0 N–H and O–H groups in total. The molecule has 2 amide bonds. The van der Waals surface area contributed by atoms with E-state index < -0.39 is 11.9 Å². The number of carbonyl (C=O) groups excluding carboxylic acids is 4. The van der Waals surface area contributed by atoms with Gasteiger partial charge in [-0.3, -0.25) is 14.4 Å². The minimum atomic E-state index is -0.558. The summed E-state index contributed by atoms with van der Waals surface area (Å²) in [6.45, 7) is 9.97. The van der Waals surface area contributed by atoms with Crippen LogP contribution in [0.15, 0.2) is 12.2 Å². The average Bonchev–Trinajstić information content (AvgIpc) is 2.92. The summed E-state index contributed by atoms with van der Waals surface area (Å²) < 4.78 is 0. The van der Waals surface area contributed by atoms with Gasteiger partial charge in [0.1, 0.15) is 6.29 Å². The van der Waals surface area contributed by atoms with Gasteiger partial charge >= 0.3 is 5.97 Å². The highest BCUT2D eigenvalue weighted by Gasteiger charge is 2.10. The van der Waals surface area contributed by atoms with Gasteiger partial charge in [-0.15, -0.1) is 0 Å². The first-order valence-electron chi connectivity index (χ1n) is 7.68. The lowest BCUT2D eigenvalue weighted by atomic mass is 10.3. The zero-order valence-corrected chi connectivity index (χ0v) is 15.3. The fourth-order valence-corrected chi connectivity index (χ4v) is 1.11. The molecule has 1 aliphatic rings. The molecule has 134 valence electrons. The third kappa shape index (κ3) is 16.0. The number of nitrogens with zero attached hydrogens (tertiary/aromatic N) is 2. The SMILES string of the molecule is CC.CC.CC(=O)ON(C)C(=O)CCC=O.CN1CC=CC1=O. The van der Waals surface area contributed by atoms with Crippen LogP contribution in [0.1, 0.15) is 47.5 Å². The minimum absolute atomic E-state index is 0.0628. The Morgan fingerprint density at radius 2 is 1.83 bits per heavy atom. The lowest BCUT2D eigenvalue weighted by Crippen LogP contribution is -2.28. The van der Waals surface area contributed by atoms with Crippen LogP contribution in [-0.2, 0) is 24.0 Å². The molecule has 1 aliphatic heterocycles. The Balaban J connectivity index is -0.000000307. The van der Waals surface area contributed by atoms with Crippen LogP contribution < -0.4 is 0 Å². The number of rotatable bonds is 3. The molecular formula is C16H30N2O5. The zero-order valence-electron chi connectivity index (χ0n) is 15.3. The summed E-state index contributed by atoms with van der Waals surface area (Å²) >= 11 is 0. The summed E-state index contributed by atoms with van der Waals surface area (Å²) in [5, 5.41) is 0.825. The van der Waals surface area contributed by atoms with Crippen LogP contribution in [0.3, 0.4) is 0 Å². The van der Waals surface area contributed by atoms with Crippen molar-refractivity contribution in [3.8, 4) is 0 Å². The summed E-state index contributed by atoms with van der Waals surface area (Å²) in [6, 6.07) is 0. The Kier molecular flexibility index (Phi) is 20.0. The number of hydrogen-bond donors (Lipinski definition) is 0. The van der Waals surface area contributed by atoms with Gasteiger partial charge in [-0.05, 0) is 0 Å². The van der Waals surface area contributed by atoms with E-state index in [1.807, 2.05) is 33.8 Å². The van der Waals surface area contributed by atoms with Crippen LogP contribution in [0.25, 0.3) is 0 Å². The Hall–Kier alpha value is -2.18. The number of amides is 2. The van der Waals surface area contributed by atoms with E-state index in [4.69, 9.17) is 0 Å². The molecule has 1 rings (SSSR count). The molecule has 0 radical (unpaired) electrons. The van der Waals surface area contributed by atoms with Gasteiger partial charge in [0.15, 0.2) is 0 Å². The highest BCUT2D eigenvalue weighted by molar-refractivity contribution is 5.89. The van der Waals surface area contributed by atoms with Gasteiger partial charge in [0.25, 0.3) is 5.91 Å². The third-order valence-electron chi connectivity index (χ3n) is 2.11. The van der Waals surface area contributed by atoms with Crippen LogP contribution >= 0.6 is 0 Å². The first-order valence-corrected chi connectivity index (χ1v) is 7.68. The smallest absolute Gasteiger partial charge is 0.329 e. The van der Waals surface area contributed by atoms with Gasteiger partial charge in [-0.25, -0.2) is 0 Å². The zero-order chi connectivity index (χ0) is 18.8. The van der Waals surface area contributed by atoms with Crippen molar-refractivity contribution >= 4 is 24.1 Å². The maximum Gasteiger partial charge on any atom is 0.329 e. The van der Waals surface area contributed by atoms with E-state index in [-0.39, 0.29) is 18.7 Å². The second kappa shape index (κ2) is 17.9. The molecule has 7 heteroatoms. The summed E-state index contributed by atoms with van der Waals surface area (Å²) in [5.41, 5.74) is 0. The maximum atomic E-state index is 10.9. The quantitative estimate of drug-likeness (QED) is 0.583. The lowest BCUT2D eigenvalue weighted by molar-refractivity contribution is -0.190. The molecule has 0 bridgehead atoms. The molecule has 0 spiro atoms. The molecule has 0 aromatic heterocycles. The standard InChI is InChI=1S/C7H11NO4.C5H7NO.2C2H6/c1-6(10)12-8(2)7(11)4-3-5-9;1-6-4-2-3-5(6)7;2*1-2/h5H,3-4H2,1-2H3;2-3H,4H2,1H3;2*1-2H3. The second-order valence-corrected chi connectivity index (χ2v) is 3.80. The molecule has 0 unspecified atom stereocenters. The van der Waals surface area contributed by atoms with Gasteiger partial charge in [0.05, 0.1) is 0 Å². The van der Waals surface area contributed by atoms with Crippen LogP contribution in [-0.4, -0.2) is 54.7 Å². The molecule has 0 saturated carbocycles. The highest BCUT2D eigenvalue weighted by Crippen LogP contribution is 1.95. The van der Waals surface area contributed by atoms with Crippen LogP contribution in [0.2, 0.25) is 0 Å². The van der Waals surface area contributed by atoms with Crippen molar-refractivity contribution in [1.82, 2.24) is 9.96 Å². The van der Waals surface area contributed by atoms with Crippen molar-refractivity contribution in [1.29, 1.82) is 0 Å². The number of hydrogen-bond acceptors (Lipinski definition) is 5. The van der Waals surface area contributed by atoms with Crippen molar-refractivity contribution < 1.29 is 24.0 Å². The van der Waals surface area contributed by atoms with Crippen molar-refractivity contribution in [2.45, 2.75) is 47.5 Å². The van der Waals surface area contributed by atoms with Gasteiger partial charge < -0.3 is 14.5 Å². The van der Waals surface area contributed by atoms with E-state index in [1.165, 1.54) is 14.0 Å². The summed E-state index contributed by atoms with van der Waals surface area (Å²) in [6.07, 6.45) is 4.28. The predicted octanol–water partition coefficient (Wildman–Crippen LogP) is 1.97. The average molecular weight is 330 g/mol. The van der Waals surface area contributed by atoms with Crippen molar-refractivity contribution in [2.24, 2.45) is 0 Å². The van der Waals surface area contributed by atoms with Crippen LogP contribution in [0, 0.1) is 0 Å². The molecular weight excluding hydrogens is 300 g/mol. The molecule has 0 aromatic rings. The van der Waals surface area contributed by atoms with Crippen LogP contribution in [0.5, 0.6) is 0 Å². The van der Waals surface area contributed by atoms with Crippen molar-refractivity contribution in [3.63, 3.8) is 0 Å². The van der Waals surface area contributed by atoms with E-state index in [1.54, 1.807) is 18.0 Å². The van der Waals surface area contributed by atoms with Gasteiger partial charge in [-0.1, -0.05) is 33.8 Å². The van der Waals surface area contributed by atoms with Gasteiger partial charge in [0.2, 0.25) is 5.91 Å². The van der Waals surface area contributed by atoms with E-state index in [0.717, 1.165) is 11.6 Å². The first kappa shape index (κ1) is 25.8. The first-order chi connectivity index (χ1) is 10.9. The van der Waals surface area contributed by atoms with Crippen molar-refractivity contribution in [3.05, 3.63) is 12.2 Å². The molecule has 0 aliphatic carbocycles. The maximum absolute atomic E-state index is 10.9. The van der Waals surface area contributed by atoms with E-state index in [0.29, 0.717) is 6.29 Å². The molecule has 0 aromatic carbocycles. The van der Waals surface area contributed by atoms with Gasteiger partial charge in [-0.2, -0.15) is 5.06 Å². The molecule has 7 nitrogen and oxygen atoms in total. The predicted molar refractivity (Wildman–Crippen MR) is 89.3 cm³/mol. The van der Waals surface area contributed by atoms with Crippen LogP contribution in [0.4, 0.5) is 0 Å². The molecule has 1 heterocycles. The molecule has 0 atom stereocenters. The Morgan fingerprint density at radius 1 is 1.30 bits per heavy atom. The monoisotopic (exact) mass is 330 g/mol. The number of likely N-dealkylation sites (N-methyl/N-ethyl adjacent to an activating group) is 1.